The van der Waals surface area contributed by atoms with Gasteiger partial charge in [-0.2, -0.15) is 0 Å². The number of aliphatic hydroxyl groups is 4. The van der Waals surface area contributed by atoms with Crippen LogP contribution >= 0.6 is 0 Å². The molecule has 5 rings (SSSR count). The number of fused-ring (bicyclic) bond motifs is 3. The number of nitrogens with zero attached hydrogens (tertiary/aromatic N) is 1. The van der Waals surface area contributed by atoms with Crippen molar-refractivity contribution in [2.75, 3.05) is 14.1 Å². The Balaban J connectivity index is 1.63. The van der Waals surface area contributed by atoms with Crippen LogP contribution in [0.5, 0.6) is 5.75 Å². The summed E-state index contributed by atoms with van der Waals surface area (Å²) in [5, 5.41) is 57.9. The normalized spacial score (nSPS) is 30.7. The molecule has 1 aromatic carbocycles. The van der Waals surface area contributed by atoms with Gasteiger partial charge in [-0.05, 0) is 49.8 Å². The van der Waals surface area contributed by atoms with Gasteiger partial charge < -0.3 is 31.3 Å². The van der Waals surface area contributed by atoms with Gasteiger partial charge in [0.15, 0.2) is 11.4 Å². The molecule has 0 saturated heterocycles. The highest BCUT2D eigenvalue weighted by molar-refractivity contribution is 6.24. The summed E-state index contributed by atoms with van der Waals surface area (Å²) in [5.74, 6) is -8.45. The summed E-state index contributed by atoms with van der Waals surface area (Å²) in [6.45, 7) is 5.71. The fourth-order valence-corrected chi connectivity index (χ4v) is 7.75. The van der Waals surface area contributed by atoms with Crippen LogP contribution in [0.2, 0.25) is 0 Å². The minimum absolute atomic E-state index is 0.0169. The summed E-state index contributed by atoms with van der Waals surface area (Å²) in [7, 11) is 2.96. The number of phenols is 1. The molecule has 4 aliphatic rings. The minimum Gasteiger partial charge on any atom is -0.508 e. The fourth-order valence-electron chi connectivity index (χ4n) is 7.75. The average Bonchev–Trinajstić information content (AvgIpc) is 3.43. The van der Waals surface area contributed by atoms with E-state index >= 15 is 0 Å². The molecule has 1 amide bonds. The second-order valence-corrected chi connectivity index (χ2v) is 13.2. The maximum absolute atomic E-state index is 14.2. The van der Waals surface area contributed by atoms with Gasteiger partial charge in [0.1, 0.15) is 22.8 Å². The second kappa shape index (κ2) is 10.5. The molecule has 4 aliphatic carbocycles. The molecule has 0 aliphatic heterocycles. The Kier molecular flexibility index (Phi) is 7.48. The smallest absolute Gasteiger partial charge is 0.255 e. The van der Waals surface area contributed by atoms with Crippen molar-refractivity contribution >= 4 is 23.2 Å². The number of ketones is 2. The van der Waals surface area contributed by atoms with Crippen LogP contribution in [0.15, 0.2) is 53.3 Å². The van der Waals surface area contributed by atoms with E-state index in [1.54, 1.807) is 19.1 Å². The SMILES string of the molecule is C[C@@H]1c2ccc(C(C)(C)CCCC3C=CC=C3)c(O)c2C(O)=C2C(=O)[C@@]3(O)C(O)=C(C(N)=O)C(=O)[C@H](N(C)C)[C@H]3[C@H](O)[C@H]21. The van der Waals surface area contributed by atoms with Crippen molar-refractivity contribution in [3.05, 3.63) is 70.0 Å². The van der Waals surface area contributed by atoms with E-state index in [4.69, 9.17) is 5.73 Å². The van der Waals surface area contributed by atoms with Crippen LogP contribution in [0.4, 0.5) is 0 Å². The van der Waals surface area contributed by atoms with Gasteiger partial charge in [0.25, 0.3) is 5.91 Å². The first-order valence-corrected chi connectivity index (χ1v) is 14.6. The largest absolute Gasteiger partial charge is 0.508 e. The summed E-state index contributed by atoms with van der Waals surface area (Å²) in [5.41, 5.74) is 1.69. The van der Waals surface area contributed by atoms with Crippen molar-refractivity contribution < 1.29 is 39.9 Å². The number of Topliss-reactive ketones (excluding diaryl/α,β-unsaturated/α-hetero) is 2. The predicted octanol–water partition coefficient (Wildman–Crippen LogP) is 2.69. The Labute approximate surface area is 250 Å². The Morgan fingerprint density at radius 1 is 1.09 bits per heavy atom. The van der Waals surface area contributed by atoms with Crippen LogP contribution in [0, 0.1) is 17.8 Å². The van der Waals surface area contributed by atoms with Crippen molar-refractivity contribution in [3.8, 4) is 5.75 Å². The highest BCUT2D eigenvalue weighted by Gasteiger charge is 2.68. The van der Waals surface area contributed by atoms with E-state index in [1.807, 2.05) is 26.0 Å². The number of benzene rings is 1. The zero-order valence-corrected chi connectivity index (χ0v) is 25.0. The molecule has 1 saturated carbocycles. The Hall–Kier alpha value is -3.73. The molecule has 6 atom stereocenters. The van der Waals surface area contributed by atoms with Gasteiger partial charge in [0.2, 0.25) is 5.78 Å². The molecule has 43 heavy (non-hydrogen) atoms. The number of hydrogen-bond acceptors (Lipinski definition) is 9. The summed E-state index contributed by atoms with van der Waals surface area (Å²) >= 11 is 0. The lowest BCUT2D eigenvalue weighted by atomic mass is 9.54. The first kappa shape index (κ1) is 30.7. The number of likely N-dealkylation sites (N-methyl/N-ethyl adjacent to an activating group) is 1. The lowest BCUT2D eigenvalue weighted by Gasteiger charge is -2.53. The van der Waals surface area contributed by atoms with Crippen LogP contribution < -0.4 is 5.73 Å². The number of carbonyl (C=O) groups is 3. The number of primary amides is 1. The number of hydrogen-bond donors (Lipinski definition) is 6. The van der Waals surface area contributed by atoms with Crippen molar-refractivity contribution in [2.24, 2.45) is 23.5 Å². The van der Waals surface area contributed by atoms with Gasteiger partial charge in [0.05, 0.1) is 23.6 Å². The Morgan fingerprint density at radius 2 is 1.72 bits per heavy atom. The molecule has 0 bridgehead atoms. The van der Waals surface area contributed by atoms with E-state index < -0.39 is 81.1 Å². The van der Waals surface area contributed by atoms with E-state index in [-0.39, 0.29) is 11.3 Å². The van der Waals surface area contributed by atoms with Crippen LogP contribution in [0.25, 0.3) is 5.76 Å². The van der Waals surface area contributed by atoms with Crippen LogP contribution in [-0.4, -0.2) is 79.7 Å². The molecule has 1 aromatic rings. The third-order valence-corrected chi connectivity index (χ3v) is 10.0. The summed E-state index contributed by atoms with van der Waals surface area (Å²) in [6, 6.07) is 2.18. The van der Waals surface area contributed by atoms with E-state index in [2.05, 4.69) is 12.2 Å². The highest BCUT2D eigenvalue weighted by Crippen LogP contribution is 2.57. The molecular weight excluding hydrogens is 552 g/mol. The quantitative estimate of drug-likeness (QED) is 0.259. The van der Waals surface area contributed by atoms with Crippen molar-refractivity contribution in [2.45, 2.75) is 69.1 Å². The number of phenolic OH excluding ortho intramolecular Hbond substituents is 1. The van der Waals surface area contributed by atoms with Crippen molar-refractivity contribution in [1.29, 1.82) is 0 Å². The van der Waals surface area contributed by atoms with Gasteiger partial charge in [-0.3, -0.25) is 19.3 Å². The summed E-state index contributed by atoms with van der Waals surface area (Å²) in [6.07, 6.45) is 9.27. The molecule has 0 aromatic heterocycles. The predicted molar refractivity (Wildman–Crippen MR) is 159 cm³/mol. The average molecular weight is 593 g/mol. The number of rotatable bonds is 7. The molecule has 0 unspecified atom stereocenters. The number of nitrogens with two attached hydrogens (primary N) is 1. The zero-order valence-electron chi connectivity index (χ0n) is 25.0. The van der Waals surface area contributed by atoms with Crippen molar-refractivity contribution in [3.63, 3.8) is 0 Å². The molecule has 10 nitrogen and oxygen atoms in total. The van der Waals surface area contributed by atoms with Gasteiger partial charge >= 0.3 is 0 Å². The van der Waals surface area contributed by atoms with Crippen molar-refractivity contribution in [1.82, 2.24) is 4.90 Å². The van der Waals surface area contributed by atoms with Gasteiger partial charge in [-0.25, -0.2) is 0 Å². The van der Waals surface area contributed by atoms with E-state index in [1.165, 1.54) is 19.0 Å². The monoisotopic (exact) mass is 592 g/mol. The molecule has 0 heterocycles. The lowest BCUT2D eigenvalue weighted by molar-refractivity contribution is -0.169. The number of amides is 1. The summed E-state index contributed by atoms with van der Waals surface area (Å²) < 4.78 is 0. The van der Waals surface area contributed by atoms with E-state index in [9.17, 15) is 39.9 Å². The Bertz CT molecular complexity index is 1520. The summed E-state index contributed by atoms with van der Waals surface area (Å²) in [4.78, 5) is 41.1. The zero-order chi connectivity index (χ0) is 31.8. The number of aromatic hydroxyl groups is 1. The van der Waals surface area contributed by atoms with Gasteiger partial charge in [-0.1, -0.05) is 63.6 Å². The van der Waals surface area contributed by atoms with E-state index in [0.717, 1.165) is 19.3 Å². The van der Waals surface area contributed by atoms with Crippen LogP contribution in [0.3, 0.4) is 0 Å². The molecule has 0 radical (unpaired) electrons. The first-order chi connectivity index (χ1) is 20.1. The third-order valence-electron chi connectivity index (χ3n) is 10.0. The minimum atomic E-state index is -2.93. The molecule has 1 fully saturated rings. The topological polar surface area (TPSA) is 182 Å². The maximum atomic E-state index is 14.2. The van der Waals surface area contributed by atoms with Crippen LogP contribution in [0.1, 0.15) is 62.6 Å². The molecule has 10 heteroatoms. The van der Waals surface area contributed by atoms with E-state index in [0.29, 0.717) is 17.0 Å². The number of carbonyl (C=O) groups excluding carboxylic acids is 3. The third kappa shape index (κ3) is 4.38. The Morgan fingerprint density at radius 3 is 2.30 bits per heavy atom. The standard InChI is InChI=1S/C33H40N2O8/c1-15-17-12-13-18(32(2,3)14-8-11-16-9-6-7-10-16)25(36)20(17)26(37)21-19(15)27(38)23-24(35(4)5)28(39)22(31(34)42)30(41)33(23,43)29(21)40/h6-7,9-10,12-13,15-16,19,23-24,27,36-38,41,43H,8,11,14H2,1-5H3,(H2,34,42)/t15-,19+,23+,24-,27-,33-/m1/s1. The molecule has 7 N–H and O–H groups in total. The second-order valence-electron chi connectivity index (χ2n) is 13.2. The van der Waals surface area contributed by atoms with Gasteiger partial charge in [-0.15, -0.1) is 0 Å². The molecule has 0 spiro atoms. The van der Waals surface area contributed by atoms with Gasteiger partial charge in [0, 0.05) is 17.1 Å². The fraction of sp³-hybridized carbons (Fsp3) is 0.485. The number of aliphatic hydroxyl groups excluding tert-OH is 3. The van der Waals surface area contributed by atoms with Crippen LogP contribution in [-0.2, 0) is 19.8 Å². The first-order valence-electron chi connectivity index (χ1n) is 14.6. The molecular formula is C33H40N2O8. The number of allylic oxidation sites excluding steroid dienone is 4. The highest BCUT2D eigenvalue weighted by atomic mass is 16.4. The molecule has 230 valence electrons. The lowest BCUT2D eigenvalue weighted by Crippen LogP contribution is -2.70. The maximum Gasteiger partial charge on any atom is 0.255 e.